The van der Waals surface area contributed by atoms with Gasteiger partial charge in [-0.3, -0.25) is 0 Å². The molecule has 1 aliphatic rings. The first kappa shape index (κ1) is 7.35. The molecule has 1 heterocycles. The van der Waals surface area contributed by atoms with Crippen LogP contribution in [-0.4, -0.2) is 17.5 Å². The van der Waals surface area contributed by atoms with E-state index in [1.807, 2.05) is 12.1 Å². The molecule has 0 N–H and O–H groups in total. The maximum Gasteiger partial charge on any atom is 0.182 e. The van der Waals surface area contributed by atoms with Gasteiger partial charge in [-0.05, 0) is 18.6 Å². The van der Waals surface area contributed by atoms with Crippen LogP contribution < -0.4 is 0 Å². The van der Waals surface area contributed by atoms with E-state index >= 15 is 0 Å². The van der Waals surface area contributed by atoms with Crippen molar-refractivity contribution in [3.63, 3.8) is 0 Å². The van der Waals surface area contributed by atoms with Gasteiger partial charge in [0.2, 0.25) is 0 Å². The largest absolute Gasteiger partial charge is 0.624 e. The van der Waals surface area contributed by atoms with Gasteiger partial charge in [0, 0.05) is 12.0 Å². The molecule has 12 heavy (non-hydrogen) atoms. The van der Waals surface area contributed by atoms with Crippen molar-refractivity contribution in [2.45, 2.75) is 13.3 Å². The number of hydrogen-bond acceptors (Lipinski definition) is 1. The van der Waals surface area contributed by atoms with Crippen LogP contribution in [0.5, 0.6) is 0 Å². The van der Waals surface area contributed by atoms with E-state index in [0.717, 1.165) is 16.7 Å². The van der Waals surface area contributed by atoms with Gasteiger partial charge in [-0.15, -0.1) is 0 Å². The molecule has 0 unspecified atom stereocenters. The van der Waals surface area contributed by atoms with Crippen molar-refractivity contribution < 1.29 is 4.74 Å². The zero-order valence-electron chi connectivity index (χ0n) is 7.08. The lowest BCUT2D eigenvalue weighted by Crippen LogP contribution is -2.17. The summed E-state index contributed by atoms with van der Waals surface area (Å²) in [7, 11) is 0. The van der Waals surface area contributed by atoms with E-state index in [2.05, 4.69) is 13.0 Å². The molecule has 2 nitrogen and oxygen atoms in total. The quantitative estimate of drug-likeness (QED) is 0.418. The summed E-state index contributed by atoms with van der Waals surface area (Å²) in [6, 6.07) is 6.20. The minimum atomic E-state index is 0.594. The summed E-state index contributed by atoms with van der Waals surface area (Å²) >= 11 is 0. The summed E-state index contributed by atoms with van der Waals surface area (Å²) in [5, 5.41) is 11.0. The standard InChI is InChI=1S/C10H11NO/c1-8-2-3-10-7-11(12)5-4-9(10)6-8/h2-3,6-7H,4-5H2,1H3. The van der Waals surface area contributed by atoms with Crippen molar-refractivity contribution in [2.24, 2.45) is 0 Å². The third-order valence-corrected chi connectivity index (χ3v) is 2.18. The minimum Gasteiger partial charge on any atom is -0.624 e. The van der Waals surface area contributed by atoms with Gasteiger partial charge in [0.15, 0.2) is 12.8 Å². The summed E-state index contributed by atoms with van der Waals surface area (Å²) in [6.07, 6.45) is 2.54. The first-order valence-electron chi connectivity index (χ1n) is 4.14. The van der Waals surface area contributed by atoms with Crippen molar-refractivity contribution >= 4 is 6.21 Å². The Kier molecular flexibility index (Phi) is 1.61. The number of aryl methyl sites for hydroxylation is 1. The zero-order chi connectivity index (χ0) is 8.55. The molecule has 1 aromatic carbocycles. The molecule has 0 saturated carbocycles. The summed E-state index contributed by atoms with van der Waals surface area (Å²) in [5.74, 6) is 0. The lowest BCUT2D eigenvalue weighted by Gasteiger charge is -2.12. The second-order valence-corrected chi connectivity index (χ2v) is 3.22. The molecule has 0 aromatic heterocycles. The summed E-state index contributed by atoms with van der Waals surface area (Å²) in [4.78, 5) is 0. The molecule has 2 rings (SSSR count). The Morgan fingerprint density at radius 3 is 3.08 bits per heavy atom. The van der Waals surface area contributed by atoms with E-state index in [9.17, 15) is 5.21 Å². The number of fused-ring (bicyclic) bond motifs is 1. The third-order valence-electron chi connectivity index (χ3n) is 2.18. The topological polar surface area (TPSA) is 26.1 Å². The molecule has 0 bridgehead atoms. The Morgan fingerprint density at radius 2 is 2.25 bits per heavy atom. The van der Waals surface area contributed by atoms with Crippen LogP contribution in [0.25, 0.3) is 0 Å². The highest BCUT2D eigenvalue weighted by Crippen LogP contribution is 2.13. The normalized spacial score (nSPS) is 15.2. The number of hydrogen-bond donors (Lipinski definition) is 0. The molecule has 1 aliphatic heterocycles. The van der Waals surface area contributed by atoms with Crippen LogP contribution in [0.15, 0.2) is 18.2 Å². The summed E-state index contributed by atoms with van der Waals surface area (Å²) in [5.41, 5.74) is 3.63. The van der Waals surface area contributed by atoms with E-state index in [-0.39, 0.29) is 0 Å². The molecular formula is C10H11NO. The Hall–Kier alpha value is -1.31. The van der Waals surface area contributed by atoms with Crippen LogP contribution in [0.3, 0.4) is 0 Å². The number of nitrogens with zero attached hydrogens (tertiary/aromatic N) is 1. The van der Waals surface area contributed by atoms with Gasteiger partial charge in [0.25, 0.3) is 0 Å². The molecule has 0 radical (unpaired) electrons. The lowest BCUT2D eigenvalue weighted by atomic mass is 10.0. The van der Waals surface area contributed by atoms with E-state index < -0.39 is 0 Å². The predicted octanol–water partition coefficient (Wildman–Crippen LogP) is 1.48. The monoisotopic (exact) mass is 161 g/mol. The molecular weight excluding hydrogens is 150 g/mol. The van der Waals surface area contributed by atoms with Crippen molar-refractivity contribution in [2.75, 3.05) is 6.54 Å². The maximum atomic E-state index is 11.0. The predicted molar refractivity (Wildman–Crippen MR) is 48.5 cm³/mol. The van der Waals surface area contributed by atoms with Crippen LogP contribution in [0.2, 0.25) is 0 Å². The van der Waals surface area contributed by atoms with Gasteiger partial charge < -0.3 is 5.21 Å². The lowest BCUT2D eigenvalue weighted by molar-refractivity contribution is -0.453. The van der Waals surface area contributed by atoms with Gasteiger partial charge >= 0.3 is 0 Å². The molecule has 1 aromatic rings. The average molecular weight is 161 g/mol. The first-order chi connectivity index (χ1) is 5.75. The molecule has 0 amide bonds. The molecule has 0 atom stereocenters. The third kappa shape index (κ3) is 1.20. The number of rotatable bonds is 0. The van der Waals surface area contributed by atoms with Gasteiger partial charge in [-0.1, -0.05) is 17.7 Å². The fourth-order valence-corrected chi connectivity index (χ4v) is 1.53. The number of hydroxylamine groups is 1. The Balaban J connectivity index is 2.51. The molecule has 0 aliphatic carbocycles. The Bertz CT molecular complexity index is 342. The van der Waals surface area contributed by atoms with Crippen LogP contribution >= 0.6 is 0 Å². The van der Waals surface area contributed by atoms with E-state index in [1.54, 1.807) is 6.21 Å². The maximum absolute atomic E-state index is 11.0. The molecule has 62 valence electrons. The number of benzene rings is 1. The molecule has 2 heteroatoms. The van der Waals surface area contributed by atoms with Crippen molar-refractivity contribution in [3.8, 4) is 0 Å². The van der Waals surface area contributed by atoms with E-state index in [0.29, 0.717) is 6.54 Å². The van der Waals surface area contributed by atoms with Crippen LogP contribution in [0.1, 0.15) is 16.7 Å². The highest BCUT2D eigenvalue weighted by molar-refractivity contribution is 5.79. The van der Waals surface area contributed by atoms with Gasteiger partial charge in [-0.2, -0.15) is 0 Å². The van der Waals surface area contributed by atoms with Gasteiger partial charge in [-0.25, -0.2) is 4.74 Å². The van der Waals surface area contributed by atoms with E-state index in [4.69, 9.17) is 0 Å². The SMILES string of the molecule is Cc1ccc2c(c1)CC[N+]([O-])=C2. The fraction of sp³-hybridized carbons (Fsp3) is 0.300. The van der Waals surface area contributed by atoms with Crippen LogP contribution in [0, 0.1) is 12.1 Å². The first-order valence-corrected chi connectivity index (χ1v) is 4.14. The van der Waals surface area contributed by atoms with Crippen molar-refractivity contribution in [1.82, 2.24) is 0 Å². The minimum absolute atomic E-state index is 0.594. The summed E-state index contributed by atoms with van der Waals surface area (Å²) in [6.45, 7) is 2.67. The van der Waals surface area contributed by atoms with Crippen molar-refractivity contribution in [1.29, 1.82) is 0 Å². The van der Waals surface area contributed by atoms with Crippen LogP contribution in [-0.2, 0) is 6.42 Å². The second-order valence-electron chi connectivity index (χ2n) is 3.22. The Labute approximate surface area is 71.7 Å². The molecule has 0 spiro atoms. The fourth-order valence-electron chi connectivity index (χ4n) is 1.53. The summed E-state index contributed by atoms with van der Waals surface area (Å²) < 4.78 is 0.998. The average Bonchev–Trinajstić information content (AvgIpc) is 2.05. The van der Waals surface area contributed by atoms with E-state index in [1.165, 1.54) is 11.1 Å². The molecule has 0 saturated heterocycles. The van der Waals surface area contributed by atoms with Gasteiger partial charge in [0.05, 0.1) is 0 Å². The highest BCUT2D eigenvalue weighted by atomic mass is 16.5. The zero-order valence-corrected chi connectivity index (χ0v) is 7.08. The highest BCUT2D eigenvalue weighted by Gasteiger charge is 2.10. The van der Waals surface area contributed by atoms with Crippen LogP contribution in [0.4, 0.5) is 0 Å². The smallest absolute Gasteiger partial charge is 0.182 e. The second kappa shape index (κ2) is 2.63. The van der Waals surface area contributed by atoms with Crippen molar-refractivity contribution in [3.05, 3.63) is 40.1 Å². The molecule has 0 fully saturated rings. The Morgan fingerprint density at radius 1 is 1.42 bits per heavy atom. The van der Waals surface area contributed by atoms with Gasteiger partial charge in [0.1, 0.15) is 0 Å².